The quantitative estimate of drug-likeness (QED) is 0.809. The second kappa shape index (κ2) is 5.12. The molecule has 1 aliphatic carbocycles. The standard InChI is InChI=1S/C12H18N4O/c1-8(5-9-3-4-9)16-12(17)10-6-15-11(13-2)7-14-10/h6-9H,3-5H2,1-2H3,(H,13,15)(H,16,17). The van der Waals surface area contributed by atoms with Crippen LogP contribution in [0.2, 0.25) is 0 Å². The fourth-order valence-corrected chi connectivity index (χ4v) is 1.78. The van der Waals surface area contributed by atoms with E-state index in [2.05, 4.69) is 20.6 Å². The van der Waals surface area contributed by atoms with Gasteiger partial charge in [-0.15, -0.1) is 0 Å². The Balaban J connectivity index is 1.88. The van der Waals surface area contributed by atoms with Crippen molar-refractivity contribution in [2.24, 2.45) is 5.92 Å². The second-order valence-corrected chi connectivity index (χ2v) is 4.59. The van der Waals surface area contributed by atoms with Crippen LogP contribution in [0.15, 0.2) is 12.4 Å². The van der Waals surface area contributed by atoms with E-state index in [1.54, 1.807) is 13.2 Å². The minimum Gasteiger partial charge on any atom is -0.372 e. The van der Waals surface area contributed by atoms with E-state index in [0.29, 0.717) is 11.5 Å². The number of nitrogens with zero attached hydrogens (tertiary/aromatic N) is 2. The first kappa shape index (κ1) is 11.8. The third-order valence-electron chi connectivity index (χ3n) is 2.90. The van der Waals surface area contributed by atoms with Crippen molar-refractivity contribution in [2.45, 2.75) is 32.2 Å². The number of carbonyl (C=O) groups excluding carboxylic acids is 1. The van der Waals surface area contributed by atoms with Gasteiger partial charge in [0.1, 0.15) is 11.5 Å². The summed E-state index contributed by atoms with van der Waals surface area (Å²) in [5, 5.41) is 5.81. The van der Waals surface area contributed by atoms with Gasteiger partial charge < -0.3 is 10.6 Å². The molecule has 1 unspecified atom stereocenters. The lowest BCUT2D eigenvalue weighted by atomic mass is 10.1. The van der Waals surface area contributed by atoms with E-state index in [1.165, 1.54) is 19.0 Å². The predicted octanol–water partition coefficient (Wildman–Crippen LogP) is 1.44. The maximum Gasteiger partial charge on any atom is 0.271 e. The summed E-state index contributed by atoms with van der Waals surface area (Å²) in [6, 6.07) is 0.209. The molecule has 0 aliphatic heterocycles. The summed E-state index contributed by atoms with van der Waals surface area (Å²) in [5.41, 5.74) is 0.367. The Kier molecular flexibility index (Phi) is 3.56. The van der Waals surface area contributed by atoms with E-state index in [1.807, 2.05) is 6.92 Å². The average Bonchev–Trinajstić information content (AvgIpc) is 3.12. The van der Waals surface area contributed by atoms with Gasteiger partial charge >= 0.3 is 0 Å². The monoisotopic (exact) mass is 234 g/mol. The normalized spacial score (nSPS) is 16.4. The second-order valence-electron chi connectivity index (χ2n) is 4.59. The van der Waals surface area contributed by atoms with Crippen molar-refractivity contribution in [3.05, 3.63) is 18.1 Å². The number of amides is 1. The van der Waals surface area contributed by atoms with Crippen molar-refractivity contribution in [3.8, 4) is 0 Å². The molecule has 1 atom stereocenters. The predicted molar refractivity (Wildman–Crippen MR) is 65.8 cm³/mol. The van der Waals surface area contributed by atoms with Crippen molar-refractivity contribution in [3.63, 3.8) is 0 Å². The van der Waals surface area contributed by atoms with Crippen LogP contribution in [0, 0.1) is 5.92 Å². The van der Waals surface area contributed by atoms with Crippen LogP contribution in [-0.2, 0) is 0 Å². The minimum atomic E-state index is -0.145. The number of aromatic nitrogens is 2. The zero-order chi connectivity index (χ0) is 12.3. The zero-order valence-corrected chi connectivity index (χ0v) is 10.2. The number of nitrogens with one attached hydrogen (secondary N) is 2. The van der Waals surface area contributed by atoms with Crippen LogP contribution in [-0.4, -0.2) is 29.0 Å². The molecule has 0 spiro atoms. The van der Waals surface area contributed by atoms with Gasteiger partial charge in [-0.2, -0.15) is 0 Å². The fourth-order valence-electron chi connectivity index (χ4n) is 1.78. The molecule has 0 bridgehead atoms. The van der Waals surface area contributed by atoms with Gasteiger partial charge in [0, 0.05) is 13.1 Å². The first-order valence-corrected chi connectivity index (χ1v) is 5.99. The summed E-state index contributed by atoms with van der Waals surface area (Å²) in [5.74, 6) is 1.32. The molecule has 1 amide bonds. The number of rotatable bonds is 5. The van der Waals surface area contributed by atoms with Crippen molar-refractivity contribution in [1.82, 2.24) is 15.3 Å². The molecule has 1 aromatic rings. The number of anilines is 1. The highest BCUT2D eigenvalue weighted by atomic mass is 16.1. The summed E-state index contributed by atoms with van der Waals surface area (Å²) < 4.78 is 0. The third-order valence-corrected chi connectivity index (χ3v) is 2.90. The molecule has 1 saturated carbocycles. The lowest BCUT2D eigenvalue weighted by Gasteiger charge is -2.12. The first-order valence-electron chi connectivity index (χ1n) is 5.99. The molecule has 17 heavy (non-hydrogen) atoms. The Labute approximate surface area is 101 Å². The largest absolute Gasteiger partial charge is 0.372 e. The number of hydrogen-bond acceptors (Lipinski definition) is 4. The van der Waals surface area contributed by atoms with Crippen LogP contribution < -0.4 is 10.6 Å². The van der Waals surface area contributed by atoms with Gasteiger partial charge in [-0.05, 0) is 19.3 Å². The van der Waals surface area contributed by atoms with Crippen molar-refractivity contribution in [1.29, 1.82) is 0 Å². The lowest BCUT2D eigenvalue weighted by molar-refractivity contribution is 0.0932. The van der Waals surface area contributed by atoms with E-state index >= 15 is 0 Å². The Morgan fingerprint density at radius 2 is 2.24 bits per heavy atom. The van der Waals surface area contributed by atoms with Crippen LogP contribution in [0.5, 0.6) is 0 Å². The molecule has 0 radical (unpaired) electrons. The summed E-state index contributed by atoms with van der Waals surface area (Å²) >= 11 is 0. The summed E-state index contributed by atoms with van der Waals surface area (Å²) in [6.45, 7) is 2.03. The van der Waals surface area contributed by atoms with Crippen LogP contribution in [0.25, 0.3) is 0 Å². The molecule has 2 rings (SSSR count). The van der Waals surface area contributed by atoms with Crippen LogP contribution in [0.1, 0.15) is 36.7 Å². The molecule has 1 heterocycles. The molecular weight excluding hydrogens is 216 g/mol. The third kappa shape index (κ3) is 3.41. The van der Waals surface area contributed by atoms with E-state index in [4.69, 9.17) is 0 Å². The Bertz CT molecular complexity index is 386. The molecule has 92 valence electrons. The van der Waals surface area contributed by atoms with Crippen molar-refractivity contribution < 1.29 is 4.79 Å². The minimum absolute atomic E-state index is 0.145. The maximum absolute atomic E-state index is 11.8. The molecule has 0 saturated heterocycles. The highest BCUT2D eigenvalue weighted by Crippen LogP contribution is 2.33. The molecule has 2 N–H and O–H groups in total. The summed E-state index contributed by atoms with van der Waals surface area (Å²) in [4.78, 5) is 19.9. The highest BCUT2D eigenvalue weighted by Gasteiger charge is 2.24. The molecule has 5 heteroatoms. The molecule has 0 aromatic carbocycles. The Morgan fingerprint density at radius 1 is 1.47 bits per heavy atom. The van der Waals surface area contributed by atoms with E-state index in [-0.39, 0.29) is 11.9 Å². The molecule has 1 aliphatic rings. The average molecular weight is 234 g/mol. The van der Waals surface area contributed by atoms with E-state index in [0.717, 1.165) is 12.3 Å². The van der Waals surface area contributed by atoms with Gasteiger partial charge in [0.2, 0.25) is 0 Å². The maximum atomic E-state index is 11.8. The van der Waals surface area contributed by atoms with Gasteiger partial charge in [0.05, 0.1) is 12.4 Å². The number of carbonyl (C=O) groups is 1. The first-order chi connectivity index (χ1) is 8.19. The highest BCUT2D eigenvalue weighted by molar-refractivity contribution is 5.92. The molecule has 1 aromatic heterocycles. The summed E-state index contributed by atoms with van der Waals surface area (Å²) in [6.07, 6.45) is 6.72. The Morgan fingerprint density at radius 3 is 2.76 bits per heavy atom. The SMILES string of the molecule is CNc1cnc(C(=O)NC(C)CC2CC2)cn1. The van der Waals surface area contributed by atoms with Gasteiger partial charge in [-0.25, -0.2) is 9.97 Å². The number of hydrogen-bond donors (Lipinski definition) is 2. The lowest BCUT2D eigenvalue weighted by Crippen LogP contribution is -2.33. The van der Waals surface area contributed by atoms with E-state index in [9.17, 15) is 4.79 Å². The van der Waals surface area contributed by atoms with Crippen molar-refractivity contribution in [2.75, 3.05) is 12.4 Å². The van der Waals surface area contributed by atoms with Gasteiger partial charge in [0.25, 0.3) is 5.91 Å². The molecule has 5 nitrogen and oxygen atoms in total. The van der Waals surface area contributed by atoms with Gasteiger partial charge in [-0.1, -0.05) is 12.8 Å². The smallest absolute Gasteiger partial charge is 0.271 e. The summed E-state index contributed by atoms with van der Waals surface area (Å²) in [7, 11) is 1.77. The Hall–Kier alpha value is -1.65. The van der Waals surface area contributed by atoms with Gasteiger partial charge in [-0.3, -0.25) is 4.79 Å². The van der Waals surface area contributed by atoms with Crippen LogP contribution in [0.3, 0.4) is 0 Å². The fraction of sp³-hybridized carbons (Fsp3) is 0.583. The molecular formula is C12H18N4O. The topological polar surface area (TPSA) is 66.9 Å². The van der Waals surface area contributed by atoms with Crippen LogP contribution in [0.4, 0.5) is 5.82 Å². The van der Waals surface area contributed by atoms with E-state index < -0.39 is 0 Å². The van der Waals surface area contributed by atoms with Gasteiger partial charge in [0.15, 0.2) is 0 Å². The molecule has 1 fully saturated rings. The van der Waals surface area contributed by atoms with Crippen LogP contribution >= 0.6 is 0 Å². The zero-order valence-electron chi connectivity index (χ0n) is 10.2. The van der Waals surface area contributed by atoms with Crippen molar-refractivity contribution >= 4 is 11.7 Å².